The van der Waals surface area contributed by atoms with Crippen LogP contribution < -0.4 is 11.1 Å². The number of alkyl halides is 3. The van der Waals surface area contributed by atoms with E-state index in [1.807, 2.05) is 0 Å². The first kappa shape index (κ1) is 14.2. The van der Waals surface area contributed by atoms with E-state index in [1.165, 1.54) is 0 Å². The van der Waals surface area contributed by atoms with Crippen molar-refractivity contribution in [2.45, 2.75) is 12.6 Å². The lowest BCUT2D eigenvalue weighted by Gasteiger charge is -1.96. The molecule has 0 radical (unpaired) electrons. The number of amides is 2. The van der Waals surface area contributed by atoms with Crippen molar-refractivity contribution < 1.29 is 32.7 Å². The van der Waals surface area contributed by atoms with Crippen LogP contribution in [0.4, 0.5) is 13.2 Å². The van der Waals surface area contributed by atoms with Gasteiger partial charge in [0.2, 0.25) is 11.8 Å². The van der Waals surface area contributed by atoms with Crippen molar-refractivity contribution in [2.24, 2.45) is 11.7 Å². The quantitative estimate of drug-likeness (QED) is 0.525. The predicted octanol–water partition coefficient (Wildman–Crippen LogP) is -0.759. The summed E-state index contributed by atoms with van der Waals surface area (Å²) in [6, 6.07) is 0. The third-order valence-corrected chi connectivity index (χ3v) is 1.63. The third kappa shape index (κ3) is 4.62. The van der Waals surface area contributed by atoms with Gasteiger partial charge < -0.3 is 16.2 Å². The molecule has 1 heterocycles. The van der Waals surface area contributed by atoms with E-state index in [1.54, 1.807) is 0 Å². The summed E-state index contributed by atoms with van der Waals surface area (Å²) in [5.41, 5.74) is 4.89. The van der Waals surface area contributed by atoms with E-state index in [2.05, 4.69) is 5.32 Å². The summed E-state index contributed by atoms with van der Waals surface area (Å²) in [5.74, 6) is -4.09. The zero-order valence-electron chi connectivity index (χ0n) is 7.87. The van der Waals surface area contributed by atoms with E-state index in [-0.39, 0.29) is 5.91 Å². The molecular weight excluding hydrogens is 233 g/mol. The summed E-state index contributed by atoms with van der Waals surface area (Å²) in [6.45, 7) is 0.576. The maximum Gasteiger partial charge on any atom is 0.490 e. The van der Waals surface area contributed by atoms with Crippen LogP contribution >= 0.6 is 0 Å². The molecule has 92 valence electrons. The Hall–Kier alpha value is -1.80. The van der Waals surface area contributed by atoms with E-state index in [4.69, 9.17) is 15.6 Å². The Morgan fingerprint density at radius 3 is 2.00 bits per heavy atom. The van der Waals surface area contributed by atoms with Gasteiger partial charge in [-0.3, -0.25) is 9.59 Å². The average molecular weight is 242 g/mol. The molecule has 1 fully saturated rings. The van der Waals surface area contributed by atoms with Gasteiger partial charge in [0, 0.05) is 6.54 Å². The largest absolute Gasteiger partial charge is 0.490 e. The monoisotopic (exact) mass is 242 g/mol. The van der Waals surface area contributed by atoms with Crippen molar-refractivity contribution in [3.8, 4) is 0 Å². The molecule has 0 aromatic rings. The fourth-order valence-corrected chi connectivity index (χ4v) is 0.865. The highest BCUT2D eigenvalue weighted by Crippen LogP contribution is 2.13. The Labute approximate surface area is 87.6 Å². The zero-order valence-corrected chi connectivity index (χ0v) is 7.87. The zero-order chi connectivity index (χ0) is 12.9. The number of aliphatic carboxylic acids is 1. The van der Waals surface area contributed by atoms with Gasteiger partial charge in [0.15, 0.2) is 0 Å². The van der Waals surface area contributed by atoms with E-state index >= 15 is 0 Å². The van der Waals surface area contributed by atoms with Gasteiger partial charge in [-0.05, 0) is 6.42 Å². The molecule has 1 atom stereocenters. The first-order chi connectivity index (χ1) is 7.16. The van der Waals surface area contributed by atoms with Gasteiger partial charge in [-0.15, -0.1) is 0 Å². The minimum atomic E-state index is -5.08. The van der Waals surface area contributed by atoms with Crippen LogP contribution in [-0.2, 0) is 14.4 Å². The smallest absolute Gasteiger partial charge is 0.475 e. The molecule has 0 saturated carbocycles. The van der Waals surface area contributed by atoms with Crippen molar-refractivity contribution in [2.75, 3.05) is 6.54 Å². The molecule has 16 heavy (non-hydrogen) atoms. The van der Waals surface area contributed by atoms with Crippen molar-refractivity contribution in [1.29, 1.82) is 0 Å². The van der Waals surface area contributed by atoms with Crippen LogP contribution in [-0.4, -0.2) is 35.6 Å². The summed E-state index contributed by atoms with van der Waals surface area (Å²) in [6.07, 6.45) is -4.53. The van der Waals surface area contributed by atoms with Crippen LogP contribution in [0.15, 0.2) is 0 Å². The Bertz CT molecular complexity index is 302. The molecule has 0 aromatic carbocycles. The van der Waals surface area contributed by atoms with Crippen molar-refractivity contribution in [3.63, 3.8) is 0 Å². The number of halogens is 3. The second-order valence-electron chi connectivity index (χ2n) is 2.84. The second-order valence-corrected chi connectivity index (χ2v) is 2.84. The van der Waals surface area contributed by atoms with Gasteiger partial charge in [0.05, 0.1) is 0 Å². The van der Waals surface area contributed by atoms with E-state index in [9.17, 15) is 22.8 Å². The summed E-state index contributed by atoms with van der Waals surface area (Å²) in [4.78, 5) is 29.9. The lowest BCUT2D eigenvalue weighted by molar-refractivity contribution is -0.192. The Morgan fingerprint density at radius 1 is 1.44 bits per heavy atom. The number of rotatable bonds is 1. The number of hydrogen-bond acceptors (Lipinski definition) is 3. The number of carbonyl (C=O) groups is 3. The van der Waals surface area contributed by atoms with E-state index in [0.29, 0.717) is 13.0 Å². The second kappa shape index (κ2) is 5.33. The molecule has 1 saturated heterocycles. The van der Waals surface area contributed by atoms with Gasteiger partial charge in [0.25, 0.3) is 0 Å². The minimum Gasteiger partial charge on any atom is -0.475 e. The van der Waals surface area contributed by atoms with Crippen LogP contribution in [0.2, 0.25) is 0 Å². The number of carboxylic acids is 1. The first-order valence-corrected chi connectivity index (χ1v) is 4.03. The molecule has 1 rings (SSSR count). The molecule has 4 N–H and O–H groups in total. The highest BCUT2D eigenvalue weighted by Gasteiger charge is 2.38. The highest BCUT2D eigenvalue weighted by atomic mass is 19.4. The van der Waals surface area contributed by atoms with Crippen molar-refractivity contribution in [1.82, 2.24) is 5.32 Å². The van der Waals surface area contributed by atoms with Crippen LogP contribution in [0, 0.1) is 5.92 Å². The molecule has 0 bridgehead atoms. The Kier molecular flexibility index (Phi) is 4.73. The fourth-order valence-electron chi connectivity index (χ4n) is 0.865. The molecule has 9 heteroatoms. The average Bonchev–Trinajstić information content (AvgIpc) is 2.50. The molecule has 0 spiro atoms. The maximum absolute atomic E-state index is 10.6. The molecule has 1 aliphatic rings. The number of primary amides is 1. The minimum absolute atomic E-state index is 0.234. The molecule has 0 aliphatic carbocycles. The maximum atomic E-state index is 10.6. The van der Waals surface area contributed by atoms with Gasteiger partial charge in [-0.25, -0.2) is 4.79 Å². The number of nitrogens with two attached hydrogens (primary N) is 1. The fraction of sp³-hybridized carbons (Fsp3) is 0.571. The van der Waals surface area contributed by atoms with Gasteiger partial charge in [-0.1, -0.05) is 0 Å². The third-order valence-electron chi connectivity index (χ3n) is 1.63. The van der Waals surface area contributed by atoms with Gasteiger partial charge >= 0.3 is 12.1 Å². The lowest BCUT2D eigenvalue weighted by Crippen LogP contribution is -2.30. The summed E-state index contributed by atoms with van der Waals surface area (Å²) >= 11 is 0. The predicted molar refractivity (Wildman–Crippen MR) is 44.0 cm³/mol. The SMILES string of the molecule is NC(=O)[C@H]1CCNC1=O.O=C(O)C(F)(F)F. The number of carbonyl (C=O) groups excluding carboxylic acids is 2. The van der Waals surface area contributed by atoms with E-state index < -0.39 is 24.0 Å². The van der Waals surface area contributed by atoms with Crippen molar-refractivity contribution in [3.05, 3.63) is 0 Å². The van der Waals surface area contributed by atoms with Crippen LogP contribution in [0.1, 0.15) is 6.42 Å². The summed E-state index contributed by atoms with van der Waals surface area (Å²) < 4.78 is 31.7. The normalized spacial score (nSPS) is 19.4. The first-order valence-electron chi connectivity index (χ1n) is 4.03. The van der Waals surface area contributed by atoms with Crippen LogP contribution in [0.5, 0.6) is 0 Å². The summed E-state index contributed by atoms with van der Waals surface area (Å²) in [5, 5.41) is 9.64. The standard InChI is InChI=1S/C5H8N2O2.C2HF3O2/c6-4(8)3-1-2-7-5(3)9;3-2(4,5)1(6)7/h3H,1-2H2,(H2,6,8)(H,7,9);(H,6,7)/t3-;/m1./s1. The molecule has 2 amide bonds. The highest BCUT2D eigenvalue weighted by molar-refractivity contribution is 6.00. The number of nitrogens with one attached hydrogen (secondary N) is 1. The van der Waals surface area contributed by atoms with E-state index in [0.717, 1.165) is 0 Å². The van der Waals surface area contributed by atoms with Crippen LogP contribution in [0.25, 0.3) is 0 Å². The topological polar surface area (TPSA) is 109 Å². The molecular formula is C7H9F3N2O4. The van der Waals surface area contributed by atoms with Crippen LogP contribution in [0.3, 0.4) is 0 Å². The lowest BCUT2D eigenvalue weighted by atomic mass is 10.1. The molecule has 0 unspecified atom stereocenters. The van der Waals surface area contributed by atoms with Crippen molar-refractivity contribution >= 4 is 17.8 Å². The molecule has 6 nitrogen and oxygen atoms in total. The Morgan fingerprint density at radius 2 is 1.88 bits per heavy atom. The van der Waals surface area contributed by atoms with Gasteiger partial charge in [-0.2, -0.15) is 13.2 Å². The number of hydrogen-bond donors (Lipinski definition) is 3. The Balaban J connectivity index is 0.000000293. The molecule has 0 aromatic heterocycles. The van der Waals surface area contributed by atoms with Gasteiger partial charge in [0.1, 0.15) is 5.92 Å². The number of carboxylic acid groups (broad SMARTS) is 1. The molecule has 1 aliphatic heterocycles. The summed E-state index contributed by atoms with van der Waals surface area (Å²) in [7, 11) is 0.